The molecule has 0 atom stereocenters. The molecule has 0 amide bonds. The lowest BCUT2D eigenvalue weighted by atomic mass is 9.93. The summed E-state index contributed by atoms with van der Waals surface area (Å²) in [7, 11) is 0. The molecular formula is C51H32N4. The molecule has 0 spiro atoms. The standard InChI is InChI=1S/C51H32N4/c1-4-14-33(15-5-1)36-25-29-48-46(30-36)43-22-12-13-23-47(43)55(48)38-26-28-42-44-31-37(24-27-41(44)39-20-10-11-21-40(39)45(42)32-38)51-53-49(34-16-6-2-7-17-34)52-50(54-51)35-18-8-3-9-19-35/h1-32H. The molecule has 4 nitrogen and oxygen atoms in total. The normalized spacial score (nSPS) is 11.6. The van der Waals surface area contributed by atoms with Crippen LogP contribution in [0.1, 0.15) is 0 Å². The predicted molar refractivity (Wildman–Crippen MR) is 228 cm³/mol. The highest BCUT2D eigenvalue weighted by molar-refractivity contribution is 6.26. The molecule has 9 aromatic carbocycles. The van der Waals surface area contributed by atoms with Gasteiger partial charge >= 0.3 is 0 Å². The number of nitrogens with zero attached hydrogens (tertiary/aromatic N) is 4. The van der Waals surface area contributed by atoms with E-state index in [-0.39, 0.29) is 0 Å². The lowest BCUT2D eigenvalue weighted by Gasteiger charge is -2.15. The molecule has 0 saturated carbocycles. The molecule has 2 heterocycles. The first kappa shape index (κ1) is 31.1. The van der Waals surface area contributed by atoms with Crippen molar-refractivity contribution in [1.29, 1.82) is 0 Å². The Balaban J connectivity index is 1.13. The first-order valence-corrected chi connectivity index (χ1v) is 18.6. The van der Waals surface area contributed by atoms with E-state index in [1.165, 1.54) is 59.9 Å². The van der Waals surface area contributed by atoms with Gasteiger partial charge in [0.25, 0.3) is 0 Å². The summed E-state index contributed by atoms with van der Waals surface area (Å²) in [4.78, 5) is 15.0. The minimum absolute atomic E-state index is 0.646. The number of para-hydroxylation sites is 1. The van der Waals surface area contributed by atoms with Gasteiger partial charge in [0.05, 0.1) is 11.0 Å². The van der Waals surface area contributed by atoms with Crippen molar-refractivity contribution >= 4 is 54.1 Å². The third-order valence-corrected chi connectivity index (χ3v) is 10.8. The number of aromatic nitrogens is 4. The molecule has 0 fully saturated rings. The van der Waals surface area contributed by atoms with Gasteiger partial charge in [0.15, 0.2) is 17.5 Å². The Morgan fingerprint density at radius 3 is 1.36 bits per heavy atom. The van der Waals surface area contributed by atoms with Gasteiger partial charge < -0.3 is 4.57 Å². The van der Waals surface area contributed by atoms with Gasteiger partial charge in [0, 0.05) is 33.2 Å². The van der Waals surface area contributed by atoms with Gasteiger partial charge in [-0.3, -0.25) is 0 Å². The van der Waals surface area contributed by atoms with Crippen LogP contribution in [-0.4, -0.2) is 19.5 Å². The van der Waals surface area contributed by atoms with E-state index in [2.05, 4.69) is 138 Å². The second-order valence-electron chi connectivity index (χ2n) is 14.0. The number of fused-ring (bicyclic) bond motifs is 9. The van der Waals surface area contributed by atoms with Gasteiger partial charge in [-0.2, -0.15) is 0 Å². The second-order valence-corrected chi connectivity index (χ2v) is 14.0. The quantitative estimate of drug-likeness (QED) is 0.168. The molecule has 2 aromatic heterocycles. The van der Waals surface area contributed by atoms with Crippen LogP contribution in [0.25, 0.3) is 105 Å². The van der Waals surface area contributed by atoms with E-state index in [9.17, 15) is 0 Å². The maximum Gasteiger partial charge on any atom is 0.164 e. The summed E-state index contributed by atoms with van der Waals surface area (Å²) in [6, 6.07) is 68.8. The zero-order valence-corrected chi connectivity index (χ0v) is 29.8. The molecule has 11 aromatic rings. The van der Waals surface area contributed by atoms with Crippen LogP contribution in [0.2, 0.25) is 0 Å². The second kappa shape index (κ2) is 12.6. The molecule has 0 saturated heterocycles. The largest absolute Gasteiger partial charge is 0.309 e. The molecular weight excluding hydrogens is 669 g/mol. The third kappa shape index (κ3) is 5.19. The van der Waals surface area contributed by atoms with Crippen molar-refractivity contribution in [3.63, 3.8) is 0 Å². The average Bonchev–Trinajstić information content (AvgIpc) is 3.60. The zero-order valence-electron chi connectivity index (χ0n) is 29.8. The molecule has 11 rings (SSSR count). The Kier molecular flexibility index (Phi) is 7.14. The first-order valence-electron chi connectivity index (χ1n) is 18.6. The summed E-state index contributed by atoms with van der Waals surface area (Å²) in [5, 5.41) is 9.68. The Hall–Kier alpha value is -7.43. The van der Waals surface area contributed by atoms with Crippen LogP contribution in [-0.2, 0) is 0 Å². The van der Waals surface area contributed by atoms with Crippen LogP contribution < -0.4 is 0 Å². The maximum atomic E-state index is 5.05. The van der Waals surface area contributed by atoms with E-state index in [0.717, 1.165) is 27.8 Å². The van der Waals surface area contributed by atoms with Gasteiger partial charge in [-0.1, -0.05) is 158 Å². The number of benzene rings is 9. The van der Waals surface area contributed by atoms with Crippen LogP contribution in [0.3, 0.4) is 0 Å². The van der Waals surface area contributed by atoms with Gasteiger partial charge in [0.1, 0.15) is 0 Å². The van der Waals surface area contributed by atoms with Crippen LogP contribution in [0, 0.1) is 0 Å². The fraction of sp³-hybridized carbons (Fsp3) is 0. The molecule has 55 heavy (non-hydrogen) atoms. The topological polar surface area (TPSA) is 43.6 Å². The van der Waals surface area contributed by atoms with Crippen LogP contribution in [0.5, 0.6) is 0 Å². The number of hydrogen-bond acceptors (Lipinski definition) is 3. The van der Waals surface area contributed by atoms with Gasteiger partial charge in [-0.15, -0.1) is 0 Å². The Morgan fingerprint density at radius 2 is 0.691 bits per heavy atom. The maximum absolute atomic E-state index is 5.05. The lowest BCUT2D eigenvalue weighted by Crippen LogP contribution is -2.00. The molecule has 0 aliphatic carbocycles. The number of rotatable bonds is 5. The van der Waals surface area contributed by atoms with E-state index in [1.54, 1.807) is 0 Å². The minimum Gasteiger partial charge on any atom is -0.309 e. The summed E-state index contributed by atoms with van der Waals surface area (Å²) in [6.07, 6.45) is 0. The fourth-order valence-corrected chi connectivity index (χ4v) is 8.22. The Morgan fingerprint density at radius 1 is 0.255 bits per heavy atom. The van der Waals surface area contributed by atoms with Crippen LogP contribution in [0.4, 0.5) is 0 Å². The summed E-state index contributed by atoms with van der Waals surface area (Å²) >= 11 is 0. The summed E-state index contributed by atoms with van der Waals surface area (Å²) < 4.78 is 2.41. The van der Waals surface area contributed by atoms with Crippen molar-refractivity contribution in [2.45, 2.75) is 0 Å². The van der Waals surface area contributed by atoms with Crippen LogP contribution >= 0.6 is 0 Å². The Bertz CT molecular complexity index is 3180. The zero-order chi connectivity index (χ0) is 36.3. The predicted octanol–water partition coefficient (Wildman–Crippen LogP) is 13.1. The highest BCUT2D eigenvalue weighted by Crippen LogP contribution is 2.40. The van der Waals surface area contributed by atoms with Crippen LogP contribution in [0.15, 0.2) is 194 Å². The highest BCUT2D eigenvalue weighted by atomic mass is 15.0. The molecule has 0 bridgehead atoms. The highest BCUT2D eigenvalue weighted by Gasteiger charge is 2.17. The van der Waals surface area contributed by atoms with Crippen molar-refractivity contribution in [2.75, 3.05) is 0 Å². The third-order valence-electron chi connectivity index (χ3n) is 10.8. The van der Waals surface area contributed by atoms with E-state index < -0.39 is 0 Å². The van der Waals surface area contributed by atoms with Crippen molar-refractivity contribution in [3.05, 3.63) is 194 Å². The fourth-order valence-electron chi connectivity index (χ4n) is 8.22. The van der Waals surface area contributed by atoms with E-state index >= 15 is 0 Å². The molecule has 0 unspecified atom stereocenters. The molecule has 0 N–H and O–H groups in total. The van der Waals surface area contributed by atoms with Gasteiger partial charge in [-0.05, 0) is 79.8 Å². The van der Waals surface area contributed by atoms with E-state index in [1.807, 2.05) is 60.7 Å². The Labute approximate surface area is 317 Å². The van der Waals surface area contributed by atoms with Crippen molar-refractivity contribution in [2.24, 2.45) is 0 Å². The summed E-state index contributed by atoms with van der Waals surface area (Å²) in [6.45, 7) is 0. The lowest BCUT2D eigenvalue weighted by molar-refractivity contribution is 1.07. The average molecular weight is 701 g/mol. The molecule has 256 valence electrons. The molecule has 0 aliphatic heterocycles. The van der Waals surface area contributed by atoms with Crippen molar-refractivity contribution < 1.29 is 0 Å². The van der Waals surface area contributed by atoms with Crippen molar-refractivity contribution in [3.8, 4) is 51.0 Å². The minimum atomic E-state index is 0.646. The molecule has 4 heteroatoms. The monoisotopic (exact) mass is 700 g/mol. The number of hydrogen-bond donors (Lipinski definition) is 0. The summed E-state index contributed by atoms with van der Waals surface area (Å²) in [5.74, 6) is 1.95. The molecule has 0 radical (unpaired) electrons. The van der Waals surface area contributed by atoms with E-state index in [0.29, 0.717) is 17.5 Å². The summed E-state index contributed by atoms with van der Waals surface area (Å²) in [5.41, 5.74) is 8.79. The smallest absolute Gasteiger partial charge is 0.164 e. The van der Waals surface area contributed by atoms with Crippen molar-refractivity contribution in [1.82, 2.24) is 19.5 Å². The van der Waals surface area contributed by atoms with Gasteiger partial charge in [-0.25, -0.2) is 15.0 Å². The molecule has 0 aliphatic rings. The SMILES string of the molecule is c1ccc(-c2ccc3c(c2)c2ccccc2n3-c2ccc3c4cc(-c5nc(-c6ccccc6)nc(-c6ccccc6)n5)ccc4c4ccccc4c3c2)cc1. The van der Waals surface area contributed by atoms with Gasteiger partial charge in [0.2, 0.25) is 0 Å². The van der Waals surface area contributed by atoms with E-state index in [4.69, 9.17) is 15.0 Å². The first-order chi connectivity index (χ1) is 27.3.